The van der Waals surface area contributed by atoms with Gasteiger partial charge in [-0.05, 0) is 12.1 Å². The van der Waals surface area contributed by atoms with E-state index < -0.39 is 10.0 Å². The molecular formula is C15H22N3O4S+. The van der Waals surface area contributed by atoms with Gasteiger partial charge >= 0.3 is 0 Å². The Labute approximate surface area is 137 Å². The molecule has 1 atom stereocenters. The van der Waals surface area contributed by atoms with Crippen LogP contribution in [-0.2, 0) is 10.0 Å². The number of hydrogen-bond donors (Lipinski definition) is 1. The quantitative estimate of drug-likeness (QED) is 0.782. The van der Waals surface area contributed by atoms with Gasteiger partial charge in [0.05, 0.1) is 45.3 Å². The largest absolute Gasteiger partial charge is 0.493 e. The highest BCUT2D eigenvalue weighted by Gasteiger charge is 2.32. The molecule has 7 nitrogen and oxygen atoms in total. The van der Waals surface area contributed by atoms with Gasteiger partial charge in [-0.2, -0.15) is 9.57 Å². The van der Waals surface area contributed by atoms with Gasteiger partial charge in [0.25, 0.3) is 0 Å². The van der Waals surface area contributed by atoms with Crippen LogP contribution in [0.3, 0.4) is 0 Å². The van der Waals surface area contributed by atoms with E-state index in [0.29, 0.717) is 37.7 Å². The zero-order valence-corrected chi connectivity index (χ0v) is 14.4. The number of nitrogens with one attached hydrogen (secondary N) is 1. The van der Waals surface area contributed by atoms with E-state index in [-0.39, 0.29) is 10.9 Å². The number of nitriles is 1. The van der Waals surface area contributed by atoms with Crippen molar-refractivity contribution in [3.63, 3.8) is 0 Å². The van der Waals surface area contributed by atoms with Crippen molar-refractivity contribution in [1.82, 2.24) is 4.31 Å². The second-order valence-corrected chi connectivity index (χ2v) is 7.37. The van der Waals surface area contributed by atoms with Gasteiger partial charge in [0.15, 0.2) is 17.5 Å². The summed E-state index contributed by atoms with van der Waals surface area (Å²) < 4.78 is 37.3. The molecule has 1 heterocycles. The van der Waals surface area contributed by atoms with Crippen molar-refractivity contribution in [2.75, 3.05) is 40.4 Å². The highest BCUT2D eigenvalue weighted by atomic mass is 32.2. The molecule has 1 aliphatic rings. The summed E-state index contributed by atoms with van der Waals surface area (Å²) >= 11 is 0. The molecule has 0 amide bonds. The molecule has 1 N–H and O–H groups in total. The summed E-state index contributed by atoms with van der Waals surface area (Å²) in [6.07, 6.45) is 0. The molecule has 1 aliphatic heterocycles. The maximum Gasteiger partial charge on any atom is 0.243 e. The van der Waals surface area contributed by atoms with E-state index in [1.807, 2.05) is 6.92 Å². The van der Waals surface area contributed by atoms with Crippen LogP contribution in [0.4, 0.5) is 0 Å². The van der Waals surface area contributed by atoms with Gasteiger partial charge in [-0.1, -0.05) is 0 Å². The fraction of sp³-hybridized carbons (Fsp3) is 0.533. The molecule has 0 bridgehead atoms. The van der Waals surface area contributed by atoms with Crippen LogP contribution in [0.15, 0.2) is 23.1 Å². The van der Waals surface area contributed by atoms with Crippen molar-refractivity contribution in [1.29, 1.82) is 5.26 Å². The van der Waals surface area contributed by atoms with Crippen LogP contribution in [0.25, 0.3) is 0 Å². The minimum atomic E-state index is -3.57. The Bertz CT molecular complexity index is 691. The first-order chi connectivity index (χ1) is 10.9. The zero-order valence-electron chi connectivity index (χ0n) is 13.6. The predicted octanol–water partition coefficient (Wildman–Crippen LogP) is -0.495. The molecular weight excluding hydrogens is 318 g/mol. The van der Waals surface area contributed by atoms with Crippen LogP contribution in [0.1, 0.15) is 6.92 Å². The number of benzene rings is 1. The number of nitrogens with zero attached hydrogens (tertiary/aromatic N) is 2. The highest BCUT2D eigenvalue weighted by molar-refractivity contribution is 7.89. The average Bonchev–Trinajstić information content (AvgIpc) is 2.60. The first-order valence-electron chi connectivity index (χ1n) is 7.40. The van der Waals surface area contributed by atoms with E-state index in [2.05, 4.69) is 6.07 Å². The molecule has 0 aliphatic carbocycles. The maximum atomic E-state index is 12.8. The lowest BCUT2D eigenvalue weighted by Crippen LogP contribution is -3.17. The molecule has 1 fully saturated rings. The van der Waals surface area contributed by atoms with Gasteiger partial charge in [0.2, 0.25) is 10.0 Å². The van der Waals surface area contributed by atoms with Crippen LogP contribution in [-0.4, -0.2) is 59.2 Å². The SMILES string of the molecule is COc1ccc(S(=O)(=O)N2CC[NH+]([C@@H](C)C#N)CC2)cc1OC. The molecule has 1 aromatic rings. The Hall–Kier alpha value is -1.82. The molecule has 0 unspecified atom stereocenters. The molecule has 126 valence electrons. The van der Waals surface area contributed by atoms with Gasteiger partial charge in [0.1, 0.15) is 6.07 Å². The number of rotatable bonds is 5. The number of sulfonamides is 1. The summed E-state index contributed by atoms with van der Waals surface area (Å²) in [7, 11) is -0.598. The van der Waals surface area contributed by atoms with E-state index in [9.17, 15) is 8.42 Å². The van der Waals surface area contributed by atoms with E-state index >= 15 is 0 Å². The number of methoxy groups -OCH3 is 2. The summed E-state index contributed by atoms with van der Waals surface area (Å²) in [5.41, 5.74) is 0. The van der Waals surface area contributed by atoms with Crippen molar-refractivity contribution in [2.24, 2.45) is 0 Å². The Morgan fingerprint density at radius 3 is 2.35 bits per heavy atom. The molecule has 0 saturated carbocycles. The molecule has 2 rings (SSSR count). The third-order valence-electron chi connectivity index (χ3n) is 4.16. The molecule has 1 aromatic carbocycles. The minimum Gasteiger partial charge on any atom is -0.493 e. The summed E-state index contributed by atoms with van der Waals surface area (Å²) in [6, 6.07) is 6.68. The number of quaternary nitrogens is 1. The molecule has 0 radical (unpaired) electrons. The first kappa shape index (κ1) is 17.5. The van der Waals surface area contributed by atoms with Crippen molar-refractivity contribution in [3.05, 3.63) is 18.2 Å². The van der Waals surface area contributed by atoms with Crippen LogP contribution in [0, 0.1) is 11.3 Å². The van der Waals surface area contributed by atoms with Crippen LogP contribution in [0.2, 0.25) is 0 Å². The summed E-state index contributed by atoms with van der Waals surface area (Å²) in [5.74, 6) is 0.875. The van der Waals surface area contributed by atoms with E-state index in [0.717, 1.165) is 4.90 Å². The molecule has 0 spiro atoms. The Morgan fingerprint density at radius 2 is 1.83 bits per heavy atom. The minimum absolute atomic E-state index is 0.124. The van der Waals surface area contributed by atoms with Crippen molar-refractivity contribution >= 4 is 10.0 Å². The summed E-state index contributed by atoms with van der Waals surface area (Å²) in [5, 5.41) is 8.97. The summed E-state index contributed by atoms with van der Waals surface area (Å²) in [4.78, 5) is 1.30. The van der Waals surface area contributed by atoms with E-state index in [1.165, 1.54) is 30.7 Å². The van der Waals surface area contributed by atoms with Crippen LogP contribution in [0.5, 0.6) is 11.5 Å². The summed E-state index contributed by atoms with van der Waals surface area (Å²) in [6.45, 7) is 3.91. The second-order valence-electron chi connectivity index (χ2n) is 5.43. The average molecular weight is 340 g/mol. The normalized spacial score (nSPS) is 18.2. The lowest BCUT2D eigenvalue weighted by Gasteiger charge is -2.32. The lowest BCUT2D eigenvalue weighted by molar-refractivity contribution is -0.918. The fourth-order valence-electron chi connectivity index (χ4n) is 2.66. The maximum absolute atomic E-state index is 12.8. The van der Waals surface area contributed by atoms with Gasteiger partial charge in [-0.15, -0.1) is 0 Å². The van der Waals surface area contributed by atoms with Crippen molar-refractivity contribution < 1.29 is 22.8 Å². The van der Waals surface area contributed by atoms with Gasteiger partial charge in [-0.25, -0.2) is 8.42 Å². The highest BCUT2D eigenvalue weighted by Crippen LogP contribution is 2.30. The van der Waals surface area contributed by atoms with Gasteiger partial charge < -0.3 is 14.4 Å². The third-order valence-corrected chi connectivity index (χ3v) is 6.06. The van der Waals surface area contributed by atoms with Gasteiger partial charge in [-0.3, -0.25) is 0 Å². The predicted molar refractivity (Wildman–Crippen MR) is 84.1 cm³/mol. The monoisotopic (exact) mass is 340 g/mol. The molecule has 8 heteroatoms. The Balaban J connectivity index is 2.19. The smallest absolute Gasteiger partial charge is 0.243 e. The number of ether oxygens (including phenoxy) is 2. The van der Waals surface area contributed by atoms with Crippen molar-refractivity contribution in [3.8, 4) is 17.6 Å². The first-order valence-corrected chi connectivity index (χ1v) is 8.84. The molecule has 1 saturated heterocycles. The van der Waals surface area contributed by atoms with Crippen LogP contribution >= 0.6 is 0 Å². The topological polar surface area (TPSA) is 84.1 Å². The number of piperazine rings is 1. The Morgan fingerprint density at radius 1 is 1.22 bits per heavy atom. The van der Waals surface area contributed by atoms with Gasteiger partial charge in [0, 0.05) is 13.0 Å². The standard InChI is InChI=1S/C15H21N3O4S/c1-12(11-16)17-6-8-18(9-7-17)23(19,20)13-4-5-14(21-2)15(10-13)22-3/h4-5,10,12H,6-9H2,1-3H3/p+1/t12-/m0/s1. The van der Waals surface area contributed by atoms with E-state index in [4.69, 9.17) is 14.7 Å². The fourth-order valence-corrected chi connectivity index (χ4v) is 4.12. The Kier molecular flexibility index (Phi) is 5.46. The third kappa shape index (κ3) is 3.58. The van der Waals surface area contributed by atoms with E-state index in [1.54, 1.807) is 6.07 Å². The number of hydrogen-bond acceptors (Lipinski definition) is 5. The lowest BCUT2D eigenvalue weighted by atomic mass is 10.2. The second kappa shape index (κ2) is 7.17. The zero-order chi connectivity index (χ0) is 17.0. The van der Waals surface area contributed by atoms with Crippen molar-refractivity contribution in [2.45, 2.75) is 17.9 Å². The molecule has 0 aromatic heterocycles. The molecule has 23 heavy (non-hydrogen) atoms. The van der Waals surface area contributed by atoms with Crippen LogP contribution < -0.4 is 14.4 Å².